The van der Waals surface area contributed by atoms with Crippen molar-refractivity contribution in [3.63, 3.8) is 0 Å². The third-order valence-corrected chi connectivity index (χ3v) is 4.42. The number of ether oxygens (including phenoxy) is 1. The van der Waals surface area contributed by atoms with Crippen molar-refractivity contribution in [1.82, 2.24) is 5.32 Å². The summed E-state index contributed by atoms with van der Waals surface area (Å²) in [5.41, 5.74) is 3.75. The fourth-order valence-electron chi connectivity index (χ4n) is 2.66. The van der Waals surface area contributed by atoms with Gasteiger partial charge in [0.25, 0.3) is 0 Å². The number of rotatable bonds is 4. The molecular weight excluding hydrogens is 322 g/mol. The molecule has 2 aromatic rings. The molecule has 0 aliphatic carbocycles. The van der Waals surface area contributed by atoms with E-state index in [2.05, 4.69) is 32.7 Å². The quantitative estimate of drug-likeness (QED) is 0.729. The van der Waals surface area contributed by atoms with E-state index in [-0.39, 0.29) is 5.41 Å². The molecule has 0 aliphatic heterocycles. The SMILES string of the molecule is C=C(C)c1cccc(C(C)(C)NC(=O)Oc2ccc(C(C)(C)C)cc2)c1. The summed E-state index contributed by atoms with van der Waals surface area (Å²) in [5, 5.41) is 2.94. The Hall–Kier alpha value is -2.55. The van der Waals surface area contributed by atoms with E-state index in [1.807, 2.05) is 69.3 Å². The molecule has 0 aromatic heterocycles. The Kier molecular flexibility index (Phi) is 5.60. The van der Waals surface area contributed by atoms with Gasteiger partial charge in [0, 0.05) is 0 Å². The van der Waals surface area contributed by atoms with E-state index in [9.17, 15) is 4.79 Å². The van der Waals surface area contributed by atoms with Gasteiger partial charge in [-0.25, -0.2) is 4.79 Å². The Morgan fingerprint density at radius 1 is 0.962 bits per heavy atom. The largest absolute Gasteiger partial charge is 0.413 e. The minimum atomic E-state index is -0.562. The van der Waals surface area contributed by atoms with Gasteiger partial charge in [0.05, 0.1) is 5.54 Å². The van der Waals surface area contributed by atoms with Crippen LogP contribution in [0.3, 0.4) is 0 Å². The molecular formula is C23H29NO2. The number of allylic oxidation sites excluding steroid dienone is 1. The van der Waals surface area contributed by atoms with E-state index in [4.69, 9.17) is 4.74 Å². The van der Waals surface area contributed by atoms with Crippen LogP contribution in [0.5, 0.6) is 5.75 Å². The van der Waals surface area contributed by atoms with Gasteiger partial charge in [0.1, 0.15) is 5.75 Å². The van der Waals surface area contributed by atoms with Gasteiger partial charge in [0.15, 0.2) is 0 Å². The molecule has 2 aromatic carbocycles. The van der Waals surface area contributed by atoms with Crippen LogP contribution in [-0.4, -0.2) is 6.09 Å². The second kappa shape index (κ2) is 7.36. The van der Waals surface area contributed by atoms with Crippen molar-refractivity contribution in [2.75, 3.05) is 0 Å². The van der Waals surface area contributed by atoms with Crippen LogP contribution in [-0.2, 0) is 11.0 Å². The lowest BCUT2D eigenvalue weighted by Gasteiger charge is -2.27. The van der Waals surface area contributed by atoms with Crippen molar-refractivity contribution in [3.05, 3.63) is 71.8 Å². The third kappa shape index (κ3) is 4.98. The van der Waals surface area contributed by atoms with Crippen molar-refractivity contribution in [2.24, 2.45) is 0 Å². The van der Waals surface area contributed by atoms with Crippen molar-refractivity contribution in [1.29, 1.82) is 0 Å². The topological polar surface area (TPSA) is 38.3 Å². The zero-order valence-corrected chi connectivity index (χ0v) is 16.6. The van der Waals surface area contributed by atoms with Gasteiger partial charge < -0.3 is 10.1 Å². The van der Waals surface area contributed by atoms with Crippen LogP contribution >= 0.6 is 0 Å². The highest BCUT2D eigenvalue weighted by Gasteiger charge is 2.24. The normalized spacial score (nSPS) is 11.8. The predicted molar refractivity (Wildman–Crippen MR) is 108 cm³/mol. The van der Waals surface area contributed by atoms with Crippen LogP contribution in [0.15, 0.2) is 55.1 Å². The maximum atomic E-state index is 12.4. The first kappa shape index (κ1) is 19.8. The zero-order chi connectivity index (χ0) is 19.5. The molecule has 1 N–H and O–H groups in total. The number of benzene rings is 2. The first-order chi connectivity index (χ1) is 12.0. The molecule has 0 atom stereocenters. The first-order valence-electron chi connectivity index (χ1n) is 8.86. The van der Waals surface area contributed by atoms with Crippen LogP contribution in [0.1, 0.15) is 58.2 Å². The van der Waals surface area contributed by atoms with Gasteiger partial charge in [-0.3, -0.25) is 0 Å². The van der Waals surface area contributed by atoms with Gasteiger partial charge in [0.2, 0.25) is 0 Å². The molecule has 3 heteroatoms. The van der Waals surface area contributed by atoms with E-state index in [1.165, 1.54) is 5.56 Å². The molecule has 138 valence electrons. The Morgan fingerprint density at radius 3 is 2.12 bits per heavy atom. The summed E-state index contributed by atoms with van der Waals surface area (Å²) < 4.78 is 5.45. The molecule has 1 amide bonds. The minimum Gasteiger partial charge on any atom is -0.410 e. The molecule has 0 fully saturated rings. The maximum absolute atomic E-state index is 12.4. The molecule has 0 saturated heterocycles. The Balaban J connectivity index is 2.08. The predicted octanol–water partition coefficient (Wildman–Crippen LogP) is 6.04. The molecule has 2 rings (SSSR count). The minimum absolute atomic E-state index is 0.0665. The van der Waals surface area contributed by atoms with E-state index in [0.717, 1.165) is 16.7 Å². The first-order valence-corrected chi connectivity index (χ1v) is 8.86. The van der Waals surface area contributed by atoms with Crippen LogP contribution in [0, 0.1) is 0 Å². The Labute approximate surface area is 157 Å². The molecule has 0 radical (unpaired) electrons. The summed E-state index contributed by atoms with van der Waals surface area (Å²) in [7, 11) is 0. The van der Waals surface area contributed by atoms with Crippen LogP contribution < -0.4 is 10.1 Å². The second-order valence-electron chi connectivity index (χ2n) is 8.28. The van der Waals surface area contributed by atoms with Crippen molar-refractivity contribution in [3.8, 4) is 5.75 Å². The second-order valence-corrected chi connectivity index (χ2v) is 8.28. The molecule has 0 unspecified atom stereocenters. The van der Waals surface area contributed by atoms with Gasteiger partial charge in [-0.1, -0.05) is 63.3 Å². The van der Waals surface area contributed by atoms with E-state index in [0.29, 0.717) is 5.75 Å². The number of amides is 1. The number of carbonyl (C=O) groups is 1. The lowest BCUT2D eigenvalue weighted by Crippen LogP contribution is -2.42. The average Bonchev–Trinajstić information content (AvgIpc) is 2.54. The zero-order valence-electron chi connectivity index (χ0n) is 16.6. The smallest absolute Gasteiger partial charge is 0.410 e. The van der Waals surface area contributed by atoms with Crippen LogP contribution in [0.2, 0.25) is 0 Å². The summed E-state index contributed by atoms with van der Waals surface area (Å²) in [6.45, 7) is 16.3. The number of hydrogen-bond acceptors (Lipinski definition) is 2. The Bertz CT molecular complexity index is 796. The standard InChI is InChI=1S/C23H29NO2/c1-16(2)17-9-8-10-19(15-17)23(6,7)24-21(25)26-20-13-11-18(12-14-20)22(3,4)5/h8-15H,1H2,2-7H3,(H,24,25). The number of hydrogen-bond donors (Lipinski definition) is 1. The van der Waals surface area contributed by atoms with Gasteiger partial charge in [-0.05, 0) is 61.1 Å². The molecule has 3 nitrogen and oxygen atoms in total. The molecule has 0 heterocycles. The van der Waals surface area contributed by atoms with Gasteiger partial charge in [-0.2, -0.15) is 0 Å². The van der Waals surface area contributed by atoms with E-state index >= 15 is 0 Å². The summed E-state index contributed by atoms with van der Waals surface area (Å²) >= 11 is 0. The maximum Gasteiger partial charge on any atom is 0.413 e. The Morgan fingerprint density at radius 2 is 1.58 bits per heavy atom. The monoisotopic (exact) mass is 351 g/mol. The number of carbonyl (C=O) groups excluding carboxylic acids is 1. The molecule has 0 aliphatic rings. The average molecular weight is 351 g/mol. The molecule has 26 heavy (non-hydrogen) atoms. The number of nitrogens with one attached hydrogen (secondary N) is 1. The van der Waals surface area contributed by atoms with Crippen LogP contribution in [0.25, 0.3) is 5.57 Å². The van der Waals surface area contributed by atoms with Crippen molar-refractivity contribution in [2.45, 2.75) is 52.5 Å². The third-order valence-electron chi connectivity index (χ3n) is 4.42. The van der Waals surface area contributed by atoms with E-state index in [1.54, 1.807) is 0 Å². The van der Waals surface area contributed by atoms with Gasteiger partial charge >= 0.3 is 6.09 Å². The van der Waals surface area contributed by atoms with Gasteiger partial charge in [-0.15, -0.1) is 0 Å². The highest BCUT2D eigenvalue weighted by atomic mass is 16.6. The fourth-order valence-corrected chi connectivity index (χ4v) is 2.66. The van der Waals surface area contributed by atoms with Crippen molar-refractivity contribution < 1.29 is 9.53 Å². The summed E-state index contributed by atoms with van der Waals surface area (Å²) in [6, 6.07) is 15.7. The van der Waals surface area contributed by atoms with Crippen molar-refractivity contribution >= 4 is 11.7 Å². The molecule has 0 bridgehead atoms. The summed E-state index contributed by atoms with van der Waals surface area (Å²) in [5.74, 6) is 0.530. The van der Waals surface area contributed by atoms with Crippen LogP contribution in [0.4, 0.5) is 4.79 Å². The highest BCUT2D eigenvalue weighted by Crippen LogP contribution is 2.26. The summed E-state index contributed by atoms with van der Waals surface area (Å²) in [6.07, 6.45) is -0.473. The molecule has 0 spiro atoms. The lowest BCUT2D eigenvalue weighted by atomic mass is 9.87. The summed E-state index contributed by atoms with van der Waals surface area (Å²) in [4.78, 5) is 12.4. The highest BCUT2D eigenvalue weighted by molar-refractivity contribution is 5.72. The lowest BCUT2D eigenvalue weighted by molar-refractivity contribution is 0.188. The fraction of sp³-hybridized carbons (Fsp3) is 0.348. The van der Waals surface area contributed by atoms with E-state index < -0.39 is 11.6 Å². The molecule has 0 saturated carbocycles.